The van der Waals surface area contributed by atoms with Crippen molar-refractivity contribution in [3.8, 4) is 0 Å². The Labute approximate surface area is 104 Å². The highest BCUT2D eigenvalue weighted by Crippen LogP contribution is 2.24. The van der Waals surface area contributed by atoms with Crippen LogP contribution in [0.15, 0.2) is 16.7 Å². The van der Waals surface area contributed by atoms with Crippen LogP contribution in [-0.4, -0.2) is 18.5 Å². The molecule has 0 aromatic carbocycles. The predicted molar refractivity (Wildman–Crippen MR) is 69.5 cm³/mol. The molecular weight excluding hydrogens is 212 g/mol. The zero-order valence-electron chi connectivity index (χ0n) is 10.8. The van der Waals surface area contributed by atoms with Crippen molar-refractivity contribution in [3.05, 3.63) is 23.7 Å². The first kappa shape index (κ1) is 12.7. The molecule has 3 nitrogen and oxygen atoms in total. The van der Waals surface area contributed by atoms with Crippen LogP contribution in [0.1, 0.15) is 43.4 Å². The lowest BCUT2D eigenvalue weighted by Crippen LogP contribution is -2.26. The second-order valence-corrected chi connectivity index (χ2v) is 5.33. The van der Waals surface area contributed by atoms with Crippen LogP contribution < -0.4 is 5.73 Å². The van der Waals surface area contributed by atoms with Crippen molar-refractivity contribution in [2.24, 2.45) is 11.7 Å². The van der Waals surface area contributed by atoms with E-state index in [1.54, 1.807) is 6.26 Å². The molecule has 0 atom stereocenters. The molecule has 1 fully saturated rings. The maximum atomic E-state index is 5.57. The zero-order chi connectivity index (χ0) is 12.1. The molecular formula is C14H24N2O. The van der Waals surface area contributed by atoms with Gasteiger partial charge in [-0.2, -0.15) is 0 Å². The molecule has 2 N–H and O–H groups in total. The fourth-order valence-electron chi connectivity index (χ4n) is 2.76. The maximum absolute atomic E-state index is 5.57. The summed E-state index contributed by atoms with van der Waals surface area (Å²) in [5, 5.41) is 0. The average Bonchev–Trinajstić information content (AvgIpc) is 2.78. The van der Waals surface area contributed by atoms with Gasteiger partial charge in [0.2, 0.25) is 0 Å². The fraction of sp³-hybridized carbons (Fsp3) is 0.714. The summed E-state index contributed by atoms with van der Waals surface area (Å²) in [5.74, 6) is 1.92. The van der Waals surface area contributed by atoms with Gasteiger partial charge in [-0.05, 0) is 31.9 Å². The fourth-order valence-corrected chi connectivity index (χ4v) is 2.76. The van der Waals surface area contributed by atoms with E-state index in [0.717, 1.165) is 23.8 Å². The largest absolute Gasteiger partial charge is 0.468 e. The molecule has 0 aliphatic heterocycles. The van der Waals surface area contributed by atoms with Crippen LogP contribution in [0.25, 0.3) is 0 Å². The van der Waals surface area contributed by atoms with Gasteiger partial charge >= 0.3 is 0 Å². The van der Waals surface area contributed by atoms with Crippen LogP contribution in [0.3, 0.4) is 0 Å². The molecule has 1 aliphatic carbocycles. The molecule has 0 radical (unpaired) electrons. The molecule has 0 saturated heterocycles. The predicted octanol–water partition coefficient (Wildman–Crippen LogP) is 2.75. The van der Waals surface area contributed by atoms with Crippen LogP contribution in [-0.2, 0) is 13.1 Å². The zero-order valence-corrected chi connectivity index (χ0v) is 10.8. The molecule has 1 aromatic rings. The molecule has 3 heteroatoms. The molecule has 17 heavy (non-hydrogen) atoms. The molecule has 1 saturated carbocycles. The van der Waals surface area contributed by atoms with E-state index in [9.17, 15) is 0 Å². The molecule has 0 amide bonds. The standard InChI is InChI=1S/C14H24N2O/c1-16(9-12-5-3-2-4-6-12)10-14-7-13(8-15)11-17-14/h7,11-12H,2-6,8-10,15H2,1H3. The van der Waals surface area contributed by atoms with Gasteiger partial charge in [-0.15, -0.1) is 0 Å². The summed E-state index contributed by atoms with van der Waals surface area (Å²) >= 11 is 0. The normalized spacial score (nSPS) is 17.8. The summed E-state index contributed by atoms with van der Waals surface area (Å²) in [7, 11) is 2.18. The Morgan fingerprint density at radius 1 is 1.35 bits per heavy atom. The van der Waals surface area contributed by atoms with Crippen molar-refractivity contribution in [3.63, 3.8) is 0 Å². The maximum Gasteiger partial charge on any atom is 0.118 e. The number of hydrogen-bond donors (Lipinski definition) is 1. The quantitative estimate of drug-likeness (QED) is 0.854. The van der Waals surface area contributed by atoms with Crippen LogP contribution in [0, 0.1) is 5.92 Å². The van der Waals surface area contributed by atoms with Gasteiger partial charge in [-0.25, -0.2) is 0 Å². The Hall–Kier alpha value is -0.800. The highest BCUT2D eigenvalue weighted by Gasteiger charge is 2.16. The minimum atomic E-state index is 0.565. The number of hydrogen-bond acceptors (Lipinski definition) is 3. The summed E-state index contributed by atoms with van der Waals surface area (Å²) < 4.78 is 5.49. The smallest absolute Gasteiger partial charge is 0.118 e. The van der Waals surface area contributed by atoms with Crippen LogP contribution in [0.5, 0.6) is 0 Å². The van der Waals surface area contributed by atoms with Crippen molar-refractivity contribution >= 4 is 0 Å². The van der Waals surface area contributed by atoms with Gasteiger partial charge in [0.15, 0.2) is 0 Å². The minimum Gasteiger partial charge on any atom is -0.468 e. The van der Waals surface area contributed by atoms with Gasteiger partial charge in [0, 0.05) is 18.7 Å². The highest BCUT2D eigenvalue weighted by atomic mass is 16.3. The van der Waals surface area contributed by atoms with Gasteiger partial charge in [-0.1, -0.05) is 19.3 Å². The van der Waals surface area contributed by atoms with Crippen molar-refractivity contribution in [2.75, 3.05) is 13.6 Å². The summed E-state index contributed by atoms with van der Waals surface area (Å²) in [4.78, 5) is 2.37. The summed E-state index contributed by atoms with van der Waals surface area (Å²) in [6, 6.07) is 2.07. The monoisotopic (exact) mass is 236 g/mol. The lowest BCUT2D eigenvalue weighted by Gasteiger charge is -2.26. The van der Waals surface area contributed by atoms with Gasteiger partial charge in [0.25, 0.3) is 0 Å². The van der Waals surface area contributed by atoms with E-state index in [2.05, 4.69) is 18.0 Å². The first-order valence-corrected chi connectivity index (χ1v) is 6.73. The summed E-state index contributed by atoms with van der Waals surface area (Å²) in [6.45, 7) is 2.66. The highest BCUT2D eigenvalue weighted by molar-refractivity contribution is 5.12. The first-order chi connectivity index (χ1) is 8.28. The van der Waals surface area contributed by atoms with E-state index >= 15 is 0 Å². The molecule has 1 aliphatic rings. The Bertz CT molecular complexity index is 329. The van der Waals surface area contributed by atoms with Gasteiger partial charge < -0.3 is 10.2 Å². The molecule has 1 aromatic heterocycles. The molecule has 0 unspecified atom stereocenters. The second kappa shape index (κ2) is 6.22. The summed E-state index contributed by atoms with van der Waals surface area (Å²) in [6.07, 6.45) is 8.82. The van der Waals surface area contributed by atoms with E-state index in [4.69, 9.17) is 10.2 Å². The Morgan fingerprint density at radius 2 is 2.12 bits per heavy atom. The van der Waals surface area contributed by atoms with E-state index < -0.39 is 0 Å². The third-order valence-electron chi connectivity index (χ3n) is 3.66. The van der Waals surface area contributed by atoms with E-state index in [0.29, 0.717) is 6.54 Å². The van der Waals surface area contributed by atoms with Crippen molar-refractivity contribution in [1.29, 1.82) is 0 Å². The number of nitrogens with two attached hydrogens (primary N) is 1. The second-order valence-electron chi connectivity index (χ2n) is 5.33. The lowest BCUT2D eigenvalue weighted by molar-refractivity contribution is 0.216. The third-order valence-corrected chi connectivity index (χ3v) is 3.66. The Kier molecular flexibility index (Phi) is 4.63. The number of rotatable bonds is 5. The third kappa shape index (κ3) is 3.86. The van der Waals surface area contributed by atoms with E-state index in [1.807, 2.05) is 0 Å². The molecule has 2 rings (SSSR count). The topological polar surface area (TPSA) is 42.4 Å². The molecule has 0 spiro atoms. The lowest BCUT2D eigenvalue weighted by atomic mass is 9.89. The van der Waals surface area contributed by atoms with Gasteiger partial charge in [0.05, 0.1) is 12.8 Å². The number of furan rings is 1. The molecule has 96 valence electrons. The Morgan fingerprint density at radius 3 is 2.76 bits per heavy atom. The molecule has 1 heterocycles. The van der Waals surface area contributed by atoms with Crippen LogP contribution in [0.2, 0.25) is 0 Å². The first-order valence-electron chi connectivity index (χ1n) is 6.73. The SMILES string of the molecule is CN(Cc1cc(CN)co1)CC1CCCCC1. The van der Waals surface area contributed by atoms with Crippen molar-refractivity contribution in [2.45, 2.75) is 45.2 Å². The number of nitrogens with zero attached hydrogens (tertiary/aromatic N) is 1. The van der Waals surface area contributed by atoms with E-state index in [1.165, 1.54) is 38.6 Å². The van der Waals surface area contributed by atoms with Crippen LogP contribution in [0.4, 0.5) is 0 Å². The minimum absolute atomic E-state index is 0.565. The average molecular weight is 236 g/mol. The Balaban J connectivity index is 1.77. The van der Waals surface area contributed by atoms with E-state index in [-0.39, 0.29) is 0 Å². The van der Waals surface area contributed by atoms with Crippen molar-refractivity contribution < 1.29 is 4.42 Å². The van der Waals surface area contributed by atoms with Crippen LogP contribution >= 0.6 is 0 Å². The van der Waals surface area contributed by atoms with Crippen molar-refractivity contribution in [1.82, 2.24) is 4.90 Å². The molecule has 0 bridgehead atoms. The van der Waals surface area contributed by atoms with Gasteiger partial charge in [0.1, 0.15) is 5.76 Å². The summed E-state index contributed by atoms with van der Waals surface area (Å²) in [5.41, 5.74) is 6.66. The van der Waals surface area contributed by atoms with Gasteiger partial charge in [-0.3, -0.25) is 4.90 Å².